The molecule has 2 atom stereocenters. The number of phosphoric ester groups is 1. The number of hydrogen-bond acceptors (Lipinski definition) is 7. The fraction of sp³-hybridized carbons (Fsp3) is 0.694. The monoisotopic (exact) mass is 1160 g/mol. The van der Waals surface area contributed by atoms with E-state index < -0.39 is 26.5 Å². The third-order valence-electron chi connectivity index (χ3n) is 14.0. The lowest BCUT2D eigenvalue weighted by Crippen LogP contribution is -2.37. The van der Waals surface area contributed by atoms with Crippen LogP contribution >= 0.6 is 7.82 Å². The fourth-order valence-electron chi connectivity index (χ4n) is 8.93. The number of hydrogen-bond donors (Lipinski definition) is 1. The first kappa shape index (κ1) is 78.4. The van der Waals surface area contributed by atoms with Gasteiger partial charge in [0.05, 0.1) is 27.7 Å². The summed E-state index contributed by atoms with van der Waals surface area (Å²) in [7, 11) is 1.47. The fourth-order valence-corrected chi connectivity index (χ4v) is 9.67. The molecule has 0 fully saturated rings. The second-order valence-electron chi connectivity index (χ2n) is 23.1. The van der Waals surface area contributed by atoms with Crippen molar-refractivity contribution in [1.82, 2.24) is 0 Å². The molecule has 0 bridgehead atoms. The van der Waals surface area contributed by atoms with Crippen LogP contribution in [0.15, 0.2) is 122 Å². The van der Waals surface area contributed by atoms with Gasteiger partial charge in [-0.05, 0) is 89.9 Å². The summed E-state index contributed by atoms with van der Waals surface area (Å²) in [5.41, 5.74) is 0. The predicted octanol–water partition coefficient (Wildman–Crippen LogP) is 21.5. The van der Waals surface area contributed by atoms with Crippen LogP contribution in [0.25, 0.3) is 0 Å². The smallest absolute Gasteiger partial charge is 0.462 e. The molecule has 0 rings (SSSR count). The lowest BCUT2D eigenvalue weighted by molar-refractivity contribution is -0.870. The number of carbonyl (C=O) groups is 2. The third-order valence-corrected chi connectivity index (χ3v) is 15.0. The van der Waals surface area contributed by atoms with Gasteiger partial charge in [0.1, 0.15) is 19.8 Å². The summed E-state index contributed by atoms with van der Waals surface area (Å²) >= 11 is 0. The number of allylic oxidation sites excluding steroid dienone is 20. The van der Waals surface area contributed by atoms with Crippen molar-refractivity contribution in [3.05, 3.63) is 122 Å². The molecular formula is C72H125NO8P+. The van der Waals surface area contributed by atoms with Crippen LogP contribution < -0.4 is 0 Å². The zero-order valence-electron chi connectivity index (χ0n) is 53.4. The molecule has 1 N–H and O–H groups in total. The van der Waals surface area contributed by atoms with Crippen molar-refractivity contribution in [2.24, 2.45) is 0 Å². The molecule has 0 spiro atoms. The van der Waals surface area contributed by atoms with Gasteiger partial charge >= 0.3 is 19.8 Å². The highest BCUT2D eigenvalue weighted by atomic mass is 31.2. The first-order chi connectivity index (χ1) is 40.0. The zero-order valence-corrected chi connectivity index (χ0v) is 54.3. The van der Waals surface area contributed by atoms with Crippen LogP contribution in [0.5, 0.6) is 0 Å². The Hall–Kier alpha value is -3.59. The van der Waals surface area contributed by atoms with Crippen LogP contribution in [-0.2, 0) is 32.7 Å². The highest BCUT2D eigenvalue weighted by Gasteiger charge is 2.27. The number of likely N-dealkylation sites (N-methyl/N-ethyl adjacent to an activating group) is 1. The molecule has 0 aromatic carbocycles. The van der Waals surface area contributed by atoms with Crippen molar-refractivity contribution < 1.29 is 42.1 Å². The summed E-state index contributed by atoms with van der Waals surface area (Å²) in [5, 5.41) is 0. The Balaban J connectivity index is 4.12. The number of quaternary nitrogens is 1. The van der Waals surface area contributed by atoms with Gasteiger partial charge in [0, 0.05) is 12.8 Å². The van der Waals surface area contributed by atoms with Gasteiger partial charge in [0.15, 0.2) is 6.10 Å². The molecule has 82 heavy (non-hydrogen) atoms. The van der Waals surface area contributed by atoms with Gasteiger partial charge in [0.25, 0.3) is 0 Å². The lowest BCUT2D eigenvalue weighted by Gasteiger charge is -2.24. The Morgan fingerprint density at radius 3 is 1.04 bits per heavy atom. The van der Waals surface area contributed by atoms with E-state index in [9.17, 15) is 19.0 Å². The Morgan fingerprint density at radius 1 is 0.390 bits per heavy atom. The topological polar surface area (TPSA) is 108 Å². The van der Waals surface area contributed by atoms with Crippen molar-refractivity contribution in [2.45, 2.75) is 277 Å². The molecule has 0 aliphatic carbocycles. The molecular weight excluding hydrogens is 1040 g/mol. The second-order valence-corrected chi connectivity index (χ2v) is 24.6. The largest absolute Gasteiger partial charge is 0.472 e. The van der Waals surface area contributed by atoms with Gasteiger partial charge in [-0.15, -0.1) is 0 Å². The minimum absolute atomic E-state index is 0.0261. The minimum Gasteiger partial charge on any atom is -0.462 e. The van der Waals surface area contributed by atoms with E-state index in [1.165, 1.54) is 128 Å². The van der Waals surface area contributed by atoms with Gasteiger partial charge < -0.3 is 18.9 Å². The average Bonchev–Trinajstić information content (AvgIpc) is 3.46. The molecule has 0 saturated heterocycles. The number of carbonyl (C=O) groups excluding carboxylic acids is 2. The van der Waals surface area contributed by atoms with E-state index in [4.69, 9.17) is 18.5 Å². The number of unbranched alkanes of at least 4 members (excludes halogenated alkanes) is 26. The van der Waals surface area contributed by atoms with E-state index in [-0.39, 0.29) is 32.0 Å². The molecule has 0 radical (unpaired) electrons. The van der Waals surface area contributed by atoms with Crippen molar-refractivity contribution >= 4 is 19.8 Å². The number of rotatable bonds is 60. The number of phosphoric acid groups is 1. The Morgan fingerprint density at radius 2 is 0.695 bits per heavy atom. The van der Waals surface area contributed by atoms with Gasteiger partial charge in [-0.3, -0.25) is 18.6 Å². The molecule has 10 heteroatoms. The lowest BCUT2D eigenvalue weighted by atomic mass is 10.0. The standard InChI is InChI=1S/C72H124NO8P/c1-6-8-10-12-14-16-18-20-22-24-26-27-28-29-30-31-32-33-34-35-36-37-38-39-40-41-42-43-44-45-47-49-51-53-55-57-59-61-63-65-72(75)81-70(69-80-82(76,77)79-67-66-73(3,4)5)68-78-71(74)64-62-60-58-56-54-52-50-48-46-25-23-21-19-17-15-13-11-9-7-2/h8,10,14,16,20,22,26-27,29-30,32-33,35-36,38-39,41-42,44-45,70H,6-7,9,11-13,15,17-19,21,23-25,28,31,34,37,40,43,46-69H2,1-5H3/p+1/b10-8-,16-14-,22-20-,27-26-,30-29-,33-32-,36-35-,39-38-,42-41-,45-44-. The van der Waals surface area contributed by atoms with Crippen molar-refractivity contribution in [3.63, 3.8) is 0 Å². The molecule has 2 unspecified atom stereocenters. The Kier molecular flexibility index (Phi) is 59.2. The maximum Gasteiger partial charge on any atom is 0.472 e. The van der Waals surface area contributed by atoms with Crippen molar-refractivity contribution in [2.75, 3.05) is 47.5 Å². The van der Waals surface area contributed by atoms with Gasteiger partial charge in [-0.25, -0.2) is 4.57 Å². The number of nitrogens with zero attached hydrogens (tertiary/aromatic N) is 1. The summed E-state index contributed by atoms with van der Waals surface area (Å²) in [5.74, 6) is -0.804. The highest BCUT2D eigenvalue weighted by molar-refractivity contribution is 7.47. The summed E-state index contributed by atoms with van der Waals surface area (Å²) in [6.45, 7) is 4.33. The summed E-state index contributed by atoms with van der Waals surface area (Å²) in [6.07, 6.45) is 88.6. The van der Waals surface area contributed by atoms with E-state index in [2.05, 4.69) is 135 Å². The van der Waals surface area contributed by atoms with E-state index >= 15 is 0 Å². The SMILES string of the molecule is CC/C=C\C/C=C\C/C=C\C/C=C\C/C=C\C/C=C\C/C=C\C/C=C\C/C=C\C/C=C\CCCCCCCCCCC(=O)OC(COC(=O)CCCCCCCCCCCCCCCCCCCCC)COP(=O)(O)OCC[N+](C)(C)C. The van der Waals surface area contributed by atoms with Crippen LogP contribution in [0.1, 0.15) is 271 Å². The molecule has 0 aromatic heterocycles. The van der Waals surface area contributed by atoms with Gasteiger partial charge in [-0.2, -0.15) is 0 Å². The number of esters is 2. The molecule has 0 aliphatic rings. The van der Waals surface area contributed by atoms with Gasteiger partial charge in [-0.1, -0.05) is 289 Å². The zero-order chi connectivity index (χ0) is 59.8. The van der Waals surface area contributed by atoms with Crippen LogP contribution in [0.3, 0.4) is 0 Å². The average molecular weight is 1160 g/mol. The minimum atomic E-state index is -4.40. The van der Waals surface area contributed by atoms with Crippen molar-refractivity contribution in [1.29, 1.82) is 0 Å². The maximum absolute atomic E-state index is 12.9. The first-order valence-corrected chi connectivity index (χ1v) is 34.8. The van der Waals surface area contributed by atoms with E-state index in [1.54, 1.807) is 0 Å². The quantitative estimate of drug-likeness (QED) is 0.0211. The molecule has 9 nitrogen and oxygen atoms in total. The third kappa shape index (κ3) is 65.6. The molecule has 0 aliphatic heterocycles. The molecule has 0 amide bonds. The van der Waals surface area contributed by atoms with Crippen LogP contribution in [0.4, 0.5) is 0 Å². The van der Waals surface area contributed by atoms with Crippen LogP contribution in [0, 0.1) is 0 Å². The maximum atomic E-state index is 12.9. The van der Waals surface area contributed by atoms with E-state index in [0.717, 1.165) is 109 Å². The second kappa shape index (κ2) is 62.0. The molecule has 0 saturated carbocycles. The summed E-state index contributed by atoms with van der Waals surface area (Å²) in [6, 6.07) is 0. The number of ether oxygens (including phenoxy) is 2. The summed E-state index contributed by atoms with van der Waals surface area (Å²) in [4.78, 5) is 35.8. The van der Waals surface area contributed by atoms with Crippen molar-refractivity contribution in [3.8, 4) is 0 Å². The van der Waals surface area contributed by atoms with Crippen LogP contribution in [0.2, 0.25) is 0 Å². The van der Waals surface area contributed by atoms with Gasteiger partial charge in [0.2, 0.25) is 0 Å². The molecule has 470 valence electrons. The molecule has 0 heterocycles. The Labute approximate surface area is 505 Å². The Bertz CT molecular complexity index is 1800. The molecule has 0 aromatic rings. The van der Waals surface area contributed by atoms with E-state index in [0.29, 0.717) is 17.4 Å². The first-order valence-electron chi connectivity index (χ1n) is 33.3. The predicted molar refractivity (Wildman–Crippen MR) is 353 cm³/mol. The summed E-state index contributed by atoms with van der Waals surface area (Å²) < 4.78 is 34.6. The normalized spacial score (nSPS) is 14.0. The highest BCUT2D eigenvalue weighted by Crippen LogP contribution is 2.43. The van der Waals surface area contributed by atoms with E-state index in [1.807, 2.05) is 21.1 Å². The van der Waals surface area contributed by atoms with Crippen LogP contribution in [-0.4, -0.2) is 74.9 Å².